The van der Waals surface area contributed by atoms with Gasteiger partial charge in [0.2, 0.25) is 0 Å². The fourth-order valence-corrected chi connectivity index (χ4v) is 2.97. The largest absolute Gasteiger partial charge is 0.391 e. The molecule has 1 aliphatic carbocycles. The molecule has 0 unspecified atom stereocenters. The Kier molecular flexibility index (Phi) is 5.10. The van der Waals surface area contributed by atoms with Gasteiger partial charge in [-0.15, -0.1) is 0 Å². The lowest BCUT2D eigenvalue weighted by atomic mass is 9.79. The molecule has 0 amide bonds. The Hall–Kier alpha value is -1.17. The highest BCUT2D eigenvalue weighted by molar-refractivity contribution is 6.31. The number of carbonyl (C=O) groups is 1. The smallest absolute Gasteiger partial charge is 0.294 e. The van der Waals surface area contributed by atoms with Crippen LogP contribution in [-0.4, -0.2) is 12.0 Å². The van der Waals surface area contributed by atoms with Crippen molar-refractivity contribution >= 4 is 17.4 Å². The van der Waals surface area contributed by atoms with E-state index in [0.29, 0.717) is 0 Å². The highest BCUT2D eigenvalue weighted by Crippen LogP contribution is 2.40. The second-order valence-electron chi connectivity index (χ2n) is 5.61. The second kappa shape index (κ2) is 6.52. The van der Waals surface area contributed by atoms with Crippen LogP contribution < -0.4 is 0 Å². The highest BCUT2D eigenvalue weighted by atomic mass is 35.5. The van der Waals surface area contributed by atoms with E-state index in [0.717, 1.165) is 12.1 Å². The van der Waals surface area contributed by atoms with Crippen molar-refractivity contribution in [1.82, 2.24) is 0 Å². The predicted molar refractivity (Wildman–Crippen MR) is 71.8 cm³/mol. The van der Waals surface area contributed by atoms with Gasteiger partial charge in [-0.1, -0.05) is 11.6 Å². The van der Waals surface area contributed by atoms with Crippen molar-refractivity contribution in [2.24, 2.45) is 11.8 Å². The van der Waals surface area contributed by atoms with Crippen LogP contribution in [0.2, 0.25) is 5.02 Å². The maximum absolute atomic E-state index is 13.7. The summed E-state index contributed by atoms with van der Waals surface area (Å²) in [5, 5.41) is -0.744. The SMILES string of the molecule is O=C(CC1CCC(C(F)(F)F)CC1)c1ccc(F)c(Cl)c1F. The molecule has 0 aromatic heterocycles. The van der Waals surface area contributed by atoms with E-state index < -0.39 is 34.5 Å². The molecule has 0 saturated heterocycles. The molecule has 0 aliphatic heterocycles. The summed E-state index contributed by atoms with van der Waals surface area (Å²) in [5.41, 5.74) is -0.315. The fraction of sp³-hybridized carbons (Fsp3) is 0.533. The first-order valence-corrected chi connectivity index (χ1v) is 7.31. The minimum atomic E-state index is -4.20. The van der Waals surface area contributed by atoms with E-state index in [-0.39, 0.29) is 43.6 Å². The van der Waals surface area contributed by atoms with E-state index in [1.54, 1.807) is 0 Å². The number of Topliss-reactive ketones (excluding diaryl/α,β-unsaturated/α-hetero) is 1. The summed E-state index contributed by atoms with van der Waals surface area (Å²) in [7, 11) is 0. The topological polar surface area (TPSA) is 17.1 Å². The van der Waals surface area contributed by atoms with E-state index in [2.05, 4.69) is 0 Å². The van der Waals surface area contributed by atoms with Gasteiger partial charge in [-0.25, -0.2) is 8.78 Å². The summed E-state index contributed by atoms with van der Waals surface area (Å²) in [6.07, 6.45) is -3.75. The van der Waals surface area contributed by atoms with E-state index >= 15 is 0 Å². The first kappa shape index (κ1) is 17.2. The summed E-state index contributed by atoms with van der Waals surface area (Å²) in [6.45, 7) is 0. The molecule has 1 aromatic carbocycles. The molecule has 2 rings (SSSR count). The number of hydrogen-bond acceptors (Lipinski definition) is 1. The van der Waals surface area contributed by atoms with Crippen molar-refractivity contribution in [3.8, 4) is 0 Å². The van der Waals surface area contributed by atoms with Gasteiger partial charge in [0.25, 0.3) is 0 Å². The Balaban J connectivity index is 1.98. The first-order chi connectivity index (χ1) is 10.2. The molecular weight excluding hydrogens is 327 g/mol. The minimum absolute atomic E-state index is 0.0197. The Labute approximate surface area is 129 Å². The quantitative estimate of drug-likeness (QED) is 0.400. The molecule has 1 nitrogen and oxygen atoms in total. The van der Waals surface area contributed by atoms with Crippen molar-refractivity contribution < 1.29 is 26.7 Å². The molecule has 22 heavy (non-hydrogen) atoms. The maximum atomic E-state index is 13.7. The third kappa shape index (κ3) is 3.77. The average Bonchev–Trinajstić information content (AvgIpc) is 2.44. The lowest BCUT2D eigenvalue weighted by molar-refractivity contribution is -0.183. The average molecular weight is 341 g/mol. The Morgan fingerprint density at radius 2 is 1.73 bits per heavy atom. The van der Waals surface area contributed by atoms with Crippen LogP contribution in [0.5, 0.6) is 0 Å². The third-order valence-electron chi connectivity index (χ3n) is 4.12. The minimum Gasteiger partial charge on any atom is -0.294 e. The number of benzene rings is 1. The molecule has 0 spiro atoms. The van der Waals surface area contributed by atoms with Crippen molar-refractivity contribution in [3.05, 3.63) is 34.4 Å². The van der Waals surface area contributed by atoms with Gasteiger partial charge in [-0.2, -0.15) is 13.2 Å². The molecule has 122 valence electrons. The molecule has 0 atom stereocenters. The number of hydrogen-bond donors (Lipinski definition) is 0. The molecule has 7 heteroatoms. The molecule has 1 aliphatic rings. The third-order valence-corrected chi connectivity index (χ3v) is 4.47. The zero-order valence-electron chi connectivity index (χ0n) is 11.5. The van der Waals surface area contributed by atoms with Crippen molar-refractivity contribution in [2.45, 2.75) is 38.3 Å². The van der Waals surface area contributed by atoms with Crippen LogP contribution in [0.15, 0.2) is 12.1 Å². The molecule has 1 fully saturated rings. The summed E-state index contributed by atoms with van der Waals surface area (Å²) in [4.78, 5) is 12.0. The van der Waals surface area contributed by atoms with Gasteiger partial charge in [0, 0.05) is 6.42 Å². The molecule has 1 saturated carbocycles. The standard InChI is InChI=1S/C15H14ClF5O/c16-13-11(17)6-5-10(14(13)18)12(22)7-8-1-3-9(4-2-8)15(19,20)21/h5-6,8-9H,1-4,7H2. The zero-order valence-corrected chi connectivity index (χ0v) is 12.3. The predicted octanol–water partition coefficient (Wildman–Crippen LogP) is 5.56. The number of ketones is 1. The summed E-state index contributed by atoms with van der Waals surface area (Å²) in [5.74, 6) is -4.17. The van der Waals surface area contributed by atoms with Gasteiger partial charge in [0.15, 0.2) is 11.6 Å². The van der Waals surface area contributed by atoms with Crippen LogP contribution in [0.4, 0.5) is 22.0 Å². The lowest BCUT2D eigenvalue weighted by Crippen LogP contribution is -2.28. The summed E-state index contributed by atoms with van der Waals surface area (Å²) in [6, 6.07) is 1.92. The normalized spacial score (nSPS) is 22.6. The molecule has 1 aromatic rings. The van der Waals surface area contributed by atoms with E-state index in [4.69, 9.17) is 11.6 Å². The van der Waals surface area contributed by atoms with Crippen LogP contribution in [0.1, 0.15) is 42.5 Å². The number of alkyl halides is 3. The Bertz CT molecular complexity index is 562. The monoisotopic (exact) mass is 340 g/mol. The molecule has 0 radical (unpaired) electrons. The van der Waals surface area contributed by atoms with Gasteiger partial charge in [0.05, 0.1) is 11.5 Å². The first-order valence-electron chi connectivity index (χ1n) is 6.93. The number of halogens is 6. The van der Waals surface area contributed by atoms with Crippen molar-refractivity contribution in [1.29, 1.82) is 0 Å². The van der Waals surface area contributed by atoms with Gasteiger partial charge in [-0.3, -0.25) is 4.79 Å². The molecule has 0 heterocycles. The maximum Gasteiger partial charge on any atom is 0.391 e. The van der Waals surface area contributed by atoms with Gasteiger partial charge in [0.1, 0.15) is 10.8 Å². The van der Waals surface area contributed by atoms with Crippen LogP contribution in [0.25, 0.3) is 0 Å². The molecular formula is C15H14ClF5O. The van der Waals surface area contributed by atoms with Crippen LogP contribution in [-0.2, 0) is 0 Å². The lowest BCUT2D eigenvalue weighted by Gasteiger charge is -2.29. The second-order valence-corrected chi connectivity index (χ2v) is 5.99. The van der Waals surface area contributed by atoms with Gasteiger partial charge >= 0.3 is 6.18 Å². The van der Waals surface area contributed by atoms with Crippen molar-refractivity contribution in [3.63, 3.8) is 0 Å². The fourth-order valence-electron chi connectivity index (χ4n) is 2.81. The molecule has 0 bridgehead atoms. The summed E-state index contributed by atoms with van der Waals surface area (Å²) >= 11 is 5.41. The summed E-state index contributed by atoms with van der Waals surface area (Å²) < 4.78 is 64.5. The Morgan fingerprint density at radius 1 is 1.14 bits per heavy atom. The van der Waals surface area contributed by atoms with E-state index in [9.17, 15) is 26.7 Å². The Morgan fingerprint density at radius 3 is 2.27 bits per heavy atom. The van der Waals surface area contributed by atoms with Crippen LogP contribution in [0.3, 0.4) is 0 Å². The zero-order chi connectivity index (χ0) is 16.5. The van der Waals surface area contributed by atoms with Crippen LogP contribution >= 0.6 is 11.6 Å². The number of rotatable bonds is 3. The van der Waals surface area contributed by atoms with Gasteiger partial charge in [-0.05, 0) is 43.7 Å². The van der Waals surface area contributed by atoms with E-state index in [1.807, 2.05) is 0 Å². The highest BCUT2D eigenvalue weighted by Gasteiger charge is 2.41. The van der Waals surface area contributed by atoms with Gasteiger partial charge < -0.3 is 0 Å². The molecule has 0 N–H and O–H groups in total. The van der Waals surface area contributed by atoms with E-state index in [1.165, 1.54) is 0 Å². The van der Waals surface area contributed by atoms with Crippen molar-refractivity contribution in [2.75, 3.05) is 0 Å². The number of carbonyl (C=O) groups excluding carboxylic acids is 1. The van der Waals surface area contributed by atoms with Crippen LogP contribution in [0, 0.1) is 23.5 Å².